The molecule has 0 fully saturated rings. The topological polar surface area (TPSA) is 90.1 Å². The number of aromatic nitrogens is 2. The second kappa shape index (κ2) is 8.51. The van der Waals surface area contributed by atoms with Crippen LogP contribution in [0.4, 0.5) is 17.5 Å². The summed E-state index contributed by atoms with van der Waals surface area (Å²) in [6, 6.07) is 19.2. The van der Waals surface area contributed by atoms with E-state index in [-0.39, 0.29) is 5.95 Å². The maximum absolute atomic E-state index is 11.5. The third-order valence-corrected chi connectivity index (χ3v) is 5.06. The van der Waals surface area contributed by atoms with Crippen molar-refractivity contribution in [2.75, 3.05) is 17.7 Å². The minimum atomic E-state index is 0.192. The summed E-state index contributed by atoms with van der Waals surface area (Å²) >= 11 is 3.48. The van der Waals surface area contributed by atoms with E-state index in [2.05, 4.69) is 31.2 Å². The summed E-state index contributed by atoms with van der Waals surface area (Å²) in [4.78, 5) is 20.2. The van der Waals surface area contributed by atoms with Crippen LogP contribution in [0.1, 0.15) is 17.3 Å². The summed E-state index contributed by atoms with van der Waals surface area (Å²) in [5.41, 5.74) is 9.85. The molecule has 0 aliphatic carbocycles. The highest BCUT2D eigenvalue weighted by Crippen LogP contribution is 2.32. The number of fused-ring (bicyclic) bond motifs is 1. The molecule has 0 unspecified atom stereocenters. The summed E-state index contributed by atoms with van der Waals surface area (Å²) in [5, 5.41) is 4.14. The third kappa shape index (κ3) is 4.11. The van der Waals surface area contributed by atoms with Crippen molar-refractivity contribution in [2.45, 2.75) is 6.92 Å². The van der Waals surface area contributed by atoms with Crippen LogP contribution in [0.3, 0.4) is 0 Å². The van der Waals surface area contributed by atoms with Gasteiger partial charge in [-0.2, -0.15) is 4.98 Å². The monoisotopic (exact) mass is 462 g/mol. The van der Waals surface area contributed by atoms with E-state index in [0.717, 1.165) is 38.5 Å². The second-order valence-electron chi connectivity index (χ2n) is 6.60. The van der Waals surface area contributed by atoms with Crippen molar-refractivity contribution in [3.8, 4) is 16.9 Å². The highest BCUT2D eigenvalue weighted by atomic mass is 79.9. The number of nitrogen functional groups attached to an aromatic ring is 1. The first-order valence-corrected chi connectivity index (χ1v) is 10.2. The standard InChI is InChI=1S/C23H19BrN4O2/c1-2-30-21-9-7-14(10-16(21)13-29)15-6-8-20-19(11-15)22(28-23(25)27-20)26-18-5-3-4-17(24)12-18/h3-13H,2H2,1H3,(H3,25,26,27,28). The molecule has 4 aromatic rings. The molecule has 4 rings (SSSR count). The van der Waals surface area contributed by atoms with E-state index < -0.39 is 0 Å². The third-order valence-electron chi connectivity index (χ3n) is 4.57. The molecular formula is C23H19BrN4O2. The number of aldehydes is 1. The maximum atomic E-state index is 11.5. The summed E-state index contributed by atoms with van der Waals surface area (Å²) in [6.07, 6.45) is 0.805. The van der Waals surface area contributed by atoms with E-state index in [1.54, 1.807) is 0 Å². The SMILES string of the molecule is CCOc1ccc(-c2ccc3nc(N)nc(Nc4cccc(Br)c4)c3c2)cc1C=O. The maximum Gasteiger partial charge on any atom is 0.222 e. The number of hydrogen-bond acceptors (Lipinski definition) is 6. The number of hydrogen-bond donors (Lipinski definition) is 2. The Morgan fingerprint density at radius 3 is 2.63 bits per heavy atom. The first-order chi connectivity index (χ1) is 14.6. The fourth-order valence-corrected chi connectivity index (χ4v) is 3.63. The zero-order valence-corrected chi connectivity index (χ0v) is 17.8. The van der Waals surface area contributed by atoms with Crippen molar-refractivity contribution >= 4 is 50.6 Å². The van der Waals surface area contributed by atoms with Crippen LogP contribution in [0.15, 0.2) is 65.1 Å². The summed E-state index contributed by atoms with van der Waals surface area (Å²) < 4.78 is 6.47. The molecule has 0 saturated carbocycles. The van der Waals surface area contributed by atoms with Crippen molar-refractivity contribution in [1.82, 2.24) is 9.97 Å². The molecule has 7 heteroatoms. The lowest BCUT2D eigenvalue weighted by Crippen LogP contribution is -2.01. The molecule has 0 aliphatic heterocycles. The molecular weight excluding hydrogens is 444 g/mol. The van der Waals surface area contributed by atoms with Gasteiger partial charge in [0.2, 0.25) is 5.95 Å². The lowest BCUT2D eigenvalue weighted by molar-refractivity contribution is 0.112. The van der Waals surface area contributed by atoms with Crippen molar-refractivity contribution in [2.24, 2.45) is 0 Å². The number of nitrogens with one attached hydrogen (secondary N) is 1. The highest BCUT2D eigenvalue weighted by Gasteiger charge is 2.11. The quantitative estimate of drug-likeness (QED) is 0.362. The van der Waals surface area contributed by atoms with E-state index in [1.165, 1.54) is 0 Å². The van der Waals surface area contributed by atoms with Gasteiger partial charge >= 0.3 is 0 Å². The molecule has 0 saturated heterocycles. The van der Waals surface area contributed by atoms with Gasteiger partial charge in [-0.05, 0) is 60.5 Å². The van der Waals surface area contributed by atoms with Gasteiger partial charge in [0.1, 0.15) is 11.6 Å². The van der Waals surface area contributed by atoms with E-state index >= 15 is 0 Å². The molecule has 0 bridgehead atoms. The Morgan fingerprint density at radius 1 is 1.07 bits per heavy atom. The zero-order valence-electron chi connectivity index (χ0n) is 16.2. The molecule has 6 nitrogen and oxygen atoms in total. The molecule has 0 amide bonds. The number of nitrogens with zero attached hydrogens (tertiary/aromatic N) is 2. The van der Waals surface area contributed by atoms with Crippen LogP contribution in [0.2, 0.25) is 0 Å². The van der Waals surface area contributed by atoms with Gasteiger partial charge in [0.25, 0.3) is 0 Å². The predicted octanol–water partition coefficient (Wildman–Crippen LogP) is 5.60. The van der Waals surface area contributed by atoms with Crippen molar-refractivity contribution < 1.29 is 9.53 Å². The molecule has 1 heterocycles. The molecule has 0 radical (unpaired) electrons. The lowest BCUT2D eigenvalue weighted by Gasteiger charge is -2.12. The van der Waals surface area contributed by atoms with Gasteiger partial charge in [-0.3, -0.25) is 4.79 Å². The number of carbonyl (C=O) groups is 1. The van der Waals surface area contributed by atoms with Crippen LogP contribution in [-0.4, -0.2) is 22.9 Å². The fourth-order valence-electron chi connectivity index (χ4n) is 3.23. The molecule has 30 heavy (non-hydrogen) atoms. The van der Waals surface area contributed by atoms with Gasteiger partial charge in [0.15, 0.2) is 6.29 Å². The number of benzene rings is 3. The zero-order chi connectivity index (χ0) is 21.1. The number of nitrogens with two attached hydrogens (primary N) is 1. The average Bonchev–Trinajstić information content (AvgIpc) is 2.74. The van der Waals surface area contributed by atoms with E-state index in [1.807, 2.05) is 67.6 Å². The van der Waals surface area contributed by atoms with Crippen LogP contribution in [0.25, 0.3) is 22.0 Å². The Morgan fingerprint density at radius 2 is 1.87 bits per heavy atom. The van der Waals surface area contributed by atoms with Crippen molar-refractivity contribution in [3.63, 3.8) is 0 Å². The number of rotatable bonds is 6. The molecule has 3 N–H and O–H groups in total. The summed E-state index contributed by atoms with van der Waals surface area (Å²) in [5.74, 6) is 1.38. The molecule has 0 atom stereocenters. The molecule has 3 aromatic carbocycles. The Hall–Kier alpha value is -3.45. The molecule has 0 aliphatic rings. The Balaban J connectivity index is 1.80. The summed E-state index contributed by atoms with van der Waals surface area (Å²) in [6.45, 7) is 2.39. The lowest BCUT2D eigenvalue weighted by atomic mass is 10.0. The summed E-state index contributed by atoms with van der Waals surface area (Å²) in [7, 11) is 0. The van der Waals surface area contributed by atoms with Gasteiger partial charge in [-0.25, -0.2) is 4.98 Å². The Kier molecular flexibility index (Phi) is 5.63. The van der Waals surface area contributed by atoms with Gasteiger partial charge in [-0.15, -0.1) is 0 Å². The molecule has 150 valence electrons. The predicted molar refractivity (Wildman–Crippen MR) is 123 cm³/mol. The largest absolute Gasteiger partial charge is 0.493 e. The first-order valence-electron chi connectivity index (χ1n) is 9.39. The van der Waals surface area contributed by atoms with E-state index in [4.69, 9.17) is 10.5 Å². The smallest absolute Gasteiger partial charge is 0.222 e. The fraction of sp³-hybridized carbons (Fsp3) is 0.0870. The second-order valence-corrected chi connectivity index (χ2v) is 7.52. The Bertz CT molecular complexity index is 1240. The van der Waals surface area contributed by atoms with Crippen LogP contribution in [-0.2, 0) is 0 Å². The first kappa shape index (κ1) is 19.8. The van der Waals surface area contributed by atoms with Crippen LogP contribution in [0, 0.1) is 0 Å². The Labute approximate surface area is 182 Å². The van der Waals surface area contributed by atoms with Gasteiger partial charge in [-0.1, -0.05) is 34.1 Å². The van der Waals surface area contributed by atoms with Gasteiger partial charge in [0, 0.05) is 15.5 Å². The van der Waals surface area contributed by atoms with Crippen LogP contribution >= 0.6 is 15.9 Å². The van der Waals surface area contributed by atoms with Crippen molar-refractivity contribution in [1.29, 1.82) is 0 Å². The minimum absolute atomic E-state index is 0.192. The van der Waals surface area contributed by atoms with Crippen LogP contribution < -0.4 is 15.8 Å². The average molecular weight is 463 g/mol. The van der Waals surface area contributed by atoms with E-state index in [0.29, 0.717) is 23.7 Å². The van der Waals surface area contributed by atoms with Crippen LogP contribution in [0.5, 0.6) is 5.75 Å². The van der Waals surface area contributed by atoms with Gasteiger partial charge < -0.3 is 15.8 Å². The van der Waals surface area contributed by atoms with E-state index in [9.17, 15) is 4.79 Å². The molecule has 1 aromatic heterocycles. The minimum Gasteiger partial charge on any atom is -0.493 e. The number of anilines is 3. The highest BCUT2D eigenvalue weighted by molar-refractivity contribution is 9.10. The van der Waals surface area contributed by atoms with Crippen molar-refractivity contribution in [3.05, 3.63) is 70.7 Å². The number of halogens is 1. The normalized spacial score (nSPS) is 10.7. The number of ether oxygens (including phenoxy) is 1. The molecule has 0 spiro atoms. The number of carbonyl (C=O) groups excluding carboxylic acids is 1. The van der Waals surface area contributed by atoms with Gasteiger partial charge in [0.05, 0.1) is 17.7 Å².